The normalized spacial score (nSPS) is 12.4. The molecule has 2 nitrogen and oxygen atoms in total. The molecule has 0 saturated carbocycles. The second kappa shape index (κ2) is 5.41. The molecule has 0 aliphatic heterocycles. The van der Waals surface area contributed by atoms with Crippen LogP contribution < -0.4 is 0 Å². The van der Waals surface area contributed by atoms with Crippen LogP contribution in [0.25, 0.3) is 4.85 Å². The average Bonchev–Trinajstić information content (AvgIpc) is 2.20. The van der Waals surface area contributed by atoms with E-state index >= 15 is 0 Å². The van der Waals surface area contributed by atoms with E-state index in [0.29, 0.717) is 0 Å². The van der Waals surface area contributed by atoms with E-state index in [1.54, 1.807) is 0 Å². The molecule has 0 saturated heterocycles. The van der Waals surface area contributed by atoms with Crippen molar-refractivity contribution in [3.05, 3.63) is 47.3 Å². The van der Waals surface area contributed by atoms with Gasteiger partial charge in [-0.1, -0.05) is 30.3 Å². The van der Waals surface area contributed by atoms with Crippen LogP contribution in [0.4, 0.5) is 0 Å². The van der Waals surface area contributed by atoms with E-state index in [2.05, 4.69) is 9.74 Å². The SMILES string of the molecule is [C-]#[N+]C(CCN(C)C)c1ccccc1. The van der Waals surface area contributed by atoms with Crippen LogP contribution in [0.15, 0.2) is 30.3 Å². The second-order valence-electron chi connectivity index (χ2n) is 3.65. The first-order chi connectivity index (χ1) is 6.74. The molecule has 1 rings (SSSR count). The zero-order valence-electron chi connectivity index (χ0n) is 8.77. The van der Waals surface area contributed by atoms with Crippen molar-refractivity contribution in [1.29, 1.82) is 0 Å². The van der Waals surface area contributed by atoms with Crippen LogP contribution in [0.2, 0.25) is 0 Å². The van der Waals surface area contributed by atoms with Crippen molar-refractivity contribution in [2.24, 2.45) is 0 Å². The molecule has 0 aromatic heterocycles. The maximum Gasteiger partial charge on any atom is 0.249 e. The average molecular weight is 188 g/mol. The molecule has 0 aliphatic rings. The summed E-state index contributed by atoms with van der Waals surface area (Å²) in [4.78, 5) is 5.77. The van der Waals surface area contributed by atoms with Crippen molar-refractivity contribution in [2.75, 3.05) is 20.6 Å². The van der Waals surface area contributed by atoms with E-state index in [1.165, 1.54) is 0 Å². The van der Waals surface area contributed by atoms with Crippen molar-refractivity contribution in [2.45, 2.75) is 12.5 Å². The molecule has 0 radical (unpaired) electrons. The van der Waals surface area contributed by atoms with E-state index in [1.807, 2.05) is 44.4 Å². The molecular weight excluding hydrogens is 172 g/mol. The number of hydrogen-bond acceptors (Lipinski definition) is 1. The zero-order chi connectivity index (χ0) is 10.4. The molecule has 2 heteroatoms. The summed E-state index contributed by atoms with van der Waals surface area (Å²) in [5.74, 6) is 0. The highest BCUT2D eigenvalue weighted by atomic mass is 15.0. The van der Waals surface area contributed by atoms with Gasteiger partial charge in [0.25, 0.3) is 0 Å². The van der Waals surface area contributed by atoms with Gasteiger partial charge in [0, 0.05) is 18.5 Å². The lowest BCUT2D eigenvalue weighted by atomic mass is 10.0. The quantitative estimate of drug-likeness (QED) is 0.659. The fourth-order valence-electron chi connectivity index (χ4n) is 1.36. The summed E-state index contributed by atoms with van der Waals surface area (Å²) in [6.07, 6.45) is 0.903. The maximum absolute atomic E-state index is 7.15. The Balaban J connectivity index is 2.60. The molecule has 1 atom stereocenters. The van der Waals surface area contributed by atoms with E-state index in [0.717, 1.165) is 18.5 Å². The number of hydrogen-bond donors (Lipinski definition) is 0. The fraction of sp³-hybridized carbons (Fsp3) is 0.417. The van der Waals surface area contributed by atoms with Gasteiger partial charge in [0.2, 0.25) is 6.04 Å². The predicted molar refractivity (Wildman–Crippen MR) is 59.0 cm³/mol. The summed E-state index contributed by atoms with van der Waals surface area (Å²) < 4.78 is 0. The highest BCUT2D eigenvalue weighted by molar-refractivity contribution is 5.21. The lowest BCUT2D eigenvalue weighted by molar-refractivity contribution is 0.392. The highest BCUT2D eigenvalue weighted by Crippen LogP contribution is 2.20. The Morgan fingerprint density at radius 3 is 2.43 bits per heavy atom. The summed E-state index contributed by atoms with van der Waals surface area (Å²) in [7, 11) is 4.07. The molecule has 0 heterocycles. The number of benzene rings is 1. The third kappa shape index (κ3) is 3.20. The van der Waals surface area contributed by atoms with Crippen LogP contribution in [-0.4, -0.2) is 25.5 Å². The molecule has 0 spiro atoms. The number of nitrogens with zero attached hydrogens (tertiary/aromatic N) is 2. The molecule has 14 heavy (non-hydrogen) atoms. The molecule has 0 bridgehead atoms. The van der Waals surface area contributed by atoms with Crippen molar-refractivity contribution < 1.29 is 0 Å². The van der Waals surface area contributed by atoms with Crippen LogP contribution in [-0.2, 0) is 0 Å². The smallest absolute Gasteiger partial charge is 0.249 e. The summed E-state index contributed by atoms with van der Waals surface area (Å²) in [5, 5.41) is 0. The first-order valence-corrected chi connectivity index (χ1v) is 4.80. The molecular formula is C12H16N2. The topological polar surface area (TPSA) is 7.60 Å². The van der Waals surface area contributed by atoms with Gasteiger partial charge < -0.3 is 9.74 Å². The molecule has 0 amide bonds. The number of rotatable bonds is 4. The summed E-state index contributed by atoms with van der Waals surface area (Å²) >= 11 is 0. The Morgan fingerprint density at radius 2 is 1.93 bits per heavy atom. The Kier molecular flexibility index (Phi) is 4.15. The van der Waals surface area contributed by atoms with Crippen molar-refractivity contribution in [1.82, 2.24) is 4.90 Å². The zero-order valence-corrected chi connectivity index (χ0v) is 8.77. The monoisotopic (exact) mass is 188 g/mol. The van der Waals surface area contributed by atoms with Gasteiger partial charge >= 0.3 is 0 Å². The minimum Gasteiger partial charge on any atom is -0.309 e. The van der Waals surface area contributed by atoms with Crippen LogP contribution in [0.5, 0.6) is 0 Å². The van der Waals surface area contributed by atoms with Crippen LogP contribution in [0.1, 0.15) is 18.0 Å². The largest absolute Gasteiger partial charge is 0.309 e. The van der Waals surface area contributed by atoms with Gasteiger partial charge in [-0.05, 0) is 14.1 Å². The van der Waals surface area contributed by atoms with E-state index in [4.69, 9.17) is 6.57 Å². The summed E-state index contributed by atoms with van der Waals surface area (Å²) in [6, 6.07) is 10.0. The van der Waals surface area contributed by atoms with Crippen LogP contribution in [0.3, 0.4) is 0 Å². The van der Waals surface area contributed by atoms with E-state index < -0.39 is 0 Å². The molecule has 0 aliphatic carbocycles. The Hall–Kier alpha value is -1.33. The molecule has 1 unspecified atom stereocenters. The first kappa shape index (κ1) is 10.7. The van der Waals surface area contributed by atoms with E-state index in [-0.39, 0.29) is 6.04 Å². The van der Waals surface area contributed by atoms with Gasteiger partial charge in [0.1, 0.15) is 0 Å². The molecule has 0 fully saturated rings. The lowest BCUT2D eigenvalue weighted by Crippen LogP contribution is -2.14. The standard InChI is InChI=1S/C12H16N2/c1-13-12(9-10-14(2)3)11-7-5-4-6-8-11/h4-8,12H,9-10H2,2-3H3. The van der Waals surface area contributed by atoms with E-state index in [9.17, 15) is 0 Å². The first-order valence-electron chi connectivity index (χ1n) is 4.80. The van der Waals surface area contributed by atoms with Crippen molar-refractivity contribution in [3.63, 3.8) is 0 Å². The van der Waals surface area contributed by atoms with Gasteiger partial charge in [-0.2, -0.15) is 0 Å². The Bertz CT molecular complexity index is 298. The van der Waals surface area contributed by atoms with Gasteiger partial charge in [-0.3, -0.25) is 0 Å². The molecule has 0 N–H and O–H groups in total. The second-order valence-corrected chi connectivity index (χ2v) is 3.65. The highest BCUT2D eigenvalue weighted by Gasteiger charge is 2.14. The Labute approximate surface area is 86.0 Å². The Morgan fingerprint density at radius 1 is 1.29 bits per heavy atom. The minimum absolute atomic E-state index is 0.0126. The summed E-state index contributed by atoms with van der Waals surface area (Å²) in [6.45, 7) is 8.11. The maximum atomic E-state index is 7.15. The van der Waals surface area contributed by atoms with Gasteiger partial charge in [-0.25, -0.2) is 6.57 Å². The van der Waals surface area contributed by atoms with Crippen molar-refractivity contribution in [3.8, 4) is 0 Å². The van der Waals surface area contributed by atoms with Crippen LogP contribution >= 0.6 is 0 Å². The van der Waals surface area contributed by atoms with Gasteiger partial charge in [-0.15, -0.1) is 0 Å². The fourth-order valence-corrected chi connectivity index (χ4v) is 1.36. The van der Waals surface area contributed by atoms with Gasteiger partial charge in [0.05, 0.1) is 0 Å². The lowest BCUT2D eigenvalue weighted by Gasteiger charge is -2.10. The molecule has 1 aromatic rings. The third-order valence-corrected chi connectivity index (χ3v) is 2.19. The van der Waals surface area contributed by atoms with Crippen molar-refractivity contribution >= 4 is 0 Å². The summed E-state index contributed by atoms with van der Waals surface area (Å²) in [5.41, 5.74) is 1.13. The molecule has 1 aromatic carbocycles. The molecule has 74 valence electrons. The van der Waals surface area contributed by atoms with Crippen LogP contribution in [0, 0.1) is 6.57 Å². The third-order valence-electron chi connectivity index (χ3n) is 2.19. The minimum atomic E-state index is 0.0126. The predicted octanol–water partition coefficient (Wildman–Crippen LogP) is 2.60. The van der Waals surface area contributed by atoms with Gasteiger partial charge in [0.15, 0.2) is 0 Å².